The van der Waals surface area contributed by atoms with E-state index in [-0.39, 0.29) is 10.7 Å². The highest BCUT2D eigenvalue weighted by Crippen LogP contribution is 2.18. The second-order valence-corrected chi connectivity index (χ2v) is 6.03. The van der Waals surface area contributed by atoms with E-state index in [1.165, 1.54) is 6.20 Å². The number of oxime groups is 1. The molecule has 0 radical (unpaired) electrons. The van der Waals surface area contributed by atoms with Gasteiger partial charge in [0, 0.05) is 0 Å². The lowest BCUT2D eigenvalue weighted by atomic mass is 10.1. The summed E-state index contributed by atoms with van der Waals surface area (Å²) < 4.78 is 27.1. The molecule has 0 aliphatic carbocycles. The standard InChI is InChI=1S/C12H15N5O3S/c1-8-10(7-14-15-8)21(19,20)17-11(12(13)16-18)9-5-3-2-4-6-9/h2-7,11,17-18H,1H3,(H2,13,16)(H,14,15). The molecule has 0 bridgehead atoms. The van der Waals surface area contributed by atoms with Crippen molar-refractivity contribution < 1.29 is 13.6 Å². The summed E-state index contributed by atoms with van der Waals surface area (Å²) in [4.78, 5) is 0.00849. The normalized spacial score (nSPS) is 14.0. The first-order chi connectivity index (χ1) is 9.95. The average Bonchev–Trinajstić information content (AvgIpc) is 2.92. The molecule has 9 heteroatoms. The molecule has 0 aliphatic rings. The molecular formula is C12H15N5O3S. The predicted octanol–water partition coefficient (Wildman–Crippen LogP) is 0.484. The Morgan fingerprint density at radius 2 is 2.10 bits per heavy atom. The molecule has 1 aromatic heterocycles. The number of sulfonamides is 1. The minimum absolute atomic E-state index is 0.00849. The van der Waals surface area contributed by atoms with Gasteiger partial charge in [-0.25, -0.2) is 8.42 Å². The van der Waals surface area contributed by atoms with E-state index in [0.717, 1.165) is 0 Å². The van der Waals surface area contributed by atoms with Crippen LogP contribution in [0.2, 0.25) is 0 Å². The fraction of sp³-hybridized carbons (Fsp3) is 0.167. The van der Waals surface area contributed by atoms with Crippen molar-refractivity contribution in [3.05, 3.63) is 47.8 Å². The molecule has 2 aromatic rings. The maximum atomic E-state index is 12.4. The third kappa shape index (κ3) is 3.20. The number of nitrogens with zero attached hydrogens (tertiary/aromatic N) is 2. The number of H-pyrrole nitrogens is 1. The zero-order chi connectivity index (χ0) is 15.5. The molecule has 1 unspecified atom stereocenters. The summed E-state index contributed by atoms with van der Waals surface area (Å²) in [6, 6.07) is 7.60. The molecule has 1 aromatic carbocycles. The first-order valence-corrected chi connectivity index (χ1v) is 7.48. The summed E-state index contributed by atoms with van der Waals surface area (Å²) in [7, 11) is -3.87. The van der Waals surface area contributed by atoms with Crippen LogP contribution in [0.4, 0.5) is 0 Å². The molecule has 0 amide bonds. The minimum Gasteiger partial charge on any atom is -0.409 e. The molecule has 0 saturated carbocycles. The lowest BCUT2D eigenvalue weighted by Gasteiger charge is -2.17. The number of nitrogens with two attached hydrogens (primary N) is 1. The first-order valence-electron chi connectivity index (χ1n) is 6.00. The first kappa shape index (κ1) is 15.0. The SMILES string of the molecule is Cc1[nH]ncc1S(=O)(=O)NC(/C(N)=N/O)c1ccccc1. The summed E-state index contributed by atoms with van der Waals surface area (Å²) in [5, 5.41) is 18.0. The lowest BCUT2D eigenvalue weighted by molar-refractivity contribution is 0.315. The largest absolute Gasteiger partial charge is 0.409 e. The number of hydrogen-bond donors (Lipinski definition) is 4. The van der Waals surface area contributed by atoms with Crippen LogP contribution in [0.3, 0.4) is 0 Å². The summed E-state index contributed by atoms with van der Waals surface area (Å²) in [6.45, 7) is 1.59. The van der Waals surface area contributed by atoms with Crippen LogP contribution in [0, 0.1) is 6.92 Å². The van der Waals surface area contributed by atoms with Gasteiger partial charge in [-0.3, -0.25) is 5.10 Å². The summed E-state index contributed by atoms with van der Waals surface area (Å²) in [5.41, 5.74) is 6.55. The Kier molecular flexibility index (Phi) is 4.24. The molecule has 0 fully saturated rings. The molecule has 112 valence electrons. The van der Waals surface area contributed by atoms with Gasteiger partial charge in [0.15, 0.2) is 5.84 Å². The molecule has 0 spiro atoms. The molecule has 1 heterocycles. The van der Waals surface area contributed by atoms with Crippen LogP contribution in [0.5, 0.6) is 0 Å². The van der Waals surface area contributed by atoms with Crippen LogP contribution in [-0.2, 0) is 10.0 Å². The van der Waals surface area contributed by atoms with Gasteiger partial charge >= 0.3 is 0 Å². The average molecular weight is 309 g/mol. The lowest BCUT2D eigenvalue weighted by Crippen LogP contribution is -2.37. The van der Waals surface area contributed by atoms with Gasteiger partial charge in [-0.05, 0) is 12.5 Å². The van der Waals surface area contributed by atoms with Crippen molar-refractivity contribution in [1.82, 2.24) is 14.9 Å². The molecule has 21 heavy (non-hydrogen) atoms. The van der Waals surface area contributed by atoms with Crippen LogP contribution in [-0.4, -0.2) is 29.7 Å². The maximum absolute atomic E-state index is 12.4. The number of nitrogens with one attached hydrogen (secondary N) is 2. The second-order valence-electron chi connectivity index (χ2n) is 4.35. The van der Waals surface area contributed by atoms with Crippen LogP contribution in [0.1, 0.15) is 17.3 Å². The van der Waals surface area contributed by atoms with Gasteiger partial charge in [-0.1, -0.05) is 35.5 Å². The smallest absolute Gasteiger partial charge is 0.244 e. The zero-order valence-corrected chi connectivity index (χ0v) is 12.0. The monoisotopic (exact) mass is 309 g/mol. The van der Waals surface area contributed by atoms with Crippen molar-refractivity contribution >= 4 is 15.9 Å². The number of aromatic amines is 1. The second kappa shape index (κ2) is 5.94. The number of amidine groups is 1. The Bertz CT molecular complexity index is 739. The zero-order valence-electron chi connectivity index (χ0n) is 11.2. The predicted molar refractivity (Wildman–Crippen MR) is 76.2 cm³/mol. The van der Waals surface area contributed by atoms with Crippen molar-refractivity contribution in [1.29, 1.82) is 0 Å². The minimum atomic E-state index is -3.87. The Balaban J connectivity index is 2.39. The Morgan fingerprint density at radius 3 is 2.62 bits per heavy atom. The van der Waals surface area contributed by atoms with Gasteiger partial charge in [-0.15, -0.1) is 0 Å². The quantitative estimate of drug-likeness (QED) is 0.276. The van der Waals surface area contributed by atoms with Crippen LogP contribution < -0.4 is 10.5 Å². The number of aryl methyl sites for hydroxylation is 1. The van der Waals surface area contributed by atoms with Crippen molar-refractivity contribution in [3.8, 4) is 0 Å². The molecule has 8 nitrogen and oxygen atoms in total. The van der Waals surface area contributed by atoms with Gasteiger partial charge in [-0.2, -0.15) is 9.82 Å². The molecule has 0 aliphatic heterocycles. The summed E-state index contributed by atoms with van der Waals surface area (Å²) >= 11 is 0. The van der Waals surface area contributed by atoms with E-state index in [2.05, 4.69) is 20.1 Å². The molecule has 0 saturated heterocycles. The molecule has 1 atom stereocenters. The van der Waals surface area contributed by atoms with E-state index in [1.54, 1.807) is 37.3 Å². The van der Waals surface area contributed by atoms with E-state index in [1.807, 2.05) is 0 Å². The Morgan fingerprint density at radius 1 is 1.43 bits per heavy atom. The van der Waals surface area contributed by atoms with Gasteiger partial charge in [0.2, 0.25) is 10.0 Å². The number of benzene rings is 1. The number of aromatic nitrogens is 2. The van der Waals surface area contributed by atoms with E-state index >= 15 is 0 Å². The van der Waals surface area contributed by atoms with Gasteiger partial charge < -0.3 is 10.9 Å². The Hall–Kier alpha value is -2.39. The third-order valence-corrected chi connectivity index (χ3v) is 4.43. The van der Waals surface area contributed by atoms with Gasteiger partial charge in [0.25, 0.3) is 0 Å². The summed E-state index contributed by atoms with van der Waals surface area (Å²) in [6.07, 6.45) is 1.20. The van der Waals surface area contributed by atoms with Crippen molar-refractivity contribution in [2.45, 2.75) is 17.9 Å². The number of rotatable bonds is 5. The van der Waals surface area contributed by atoms with E-state index in [9.17, 15) is 8.42 Å². The topological polar surface area (TPSA) is 133 Å². The number of hydrogen-bond acceptors (Lipinski definition) is 5. The van der Waals surface area contributed by atoms with Crippen molar-refractivity contribution in [2.24, 2.45) is 10.9 Å². The highest BCUT2D eigenvalue weighted by molar-refractivity contribution is 7.89. The van der Waals surface area contributed by atoms with Crippen LogP contribution in [0.15, 0.2) is 46.6 Å². The fourth-order valence-electron chi connectivity index (χ4n) is 1.83. The molecule has 2 rings (SSSR count). The van der Waals surface area contributed by atoms with E-state index < -0.39 is 16.1 Å². The maximum Gasteiger partial charge on any atom is 0.244 e. The molecule has 5 N–H and O–H groups in total. The highest BCUT2D eigenvalue weighted by Gasteiger charge is 2.26. The van der Waals surface area contributed by atoms with E-state index in [4.69, 9.17) is 10.9 Å². The summed E-state index contributed by atoms with van der Waals surface area (Å²) in [5.74, 6) is -0.258. The molecular weight excluding hydrogens is 294 g/mol. The van der Waals surface area contributed by atoms with Gasteiger partial charge in [0.1, 0.15) is 10.9 Å². The van der Waals surface area contributed by atoms with Crippen LogP contribution in [0.25, 0.3) is 0 Å². The van der Waals surface area contributed by atoms with Gasteiger partial charge in [0.05, 0.1) is 11.9 Å². The van der Waals surface area contributed by atoms with Crippen molar-refractivity contribution in [3.63, 3.8) is 0 Å². The van der Waals surface area contributed by atoms with Crippen LogP contribution >= 0.6 is 0 Å². The van der Waals surface area contributed by atoms with Crippen molar-refractivity contribution in [2.75, 3.05) is 0 Å². The fourth-order valence-corrected chi connectivity index (χ4v) is 3.17. The Labute approximate surface area is 121 Å². The highest BCUT2D eigenvalue weighted by atomic mass is 32.2. The third-order valence-electron chi connectivity index (χ3n) is 2.89. The van der Waals surface area contributed by atoms with E-state index in [0.29, 0.717) is 11.3 Å².